The lowest BCUT2D eigenvalue weighted by Crippen LogP contribution is -2.35. The highest BCUT2D eigenvalue weighted by Gasteiger charge is 2.33. The number of hydrogen-bond acceptors (Lipinski definition) is 3. The highest BCUT2D eigenvalue weighted by atomic mass is 35.5. The van der Waals surface area contributed by atoms with E-state index in [-0.39, 0.29) is 5.91 Å². The summed E-state index contributed by atoms with van der Waals surface area (Å²) in [5, 5.41) is 0. The number of carbonyl (C=O) groups is 1. The van der Waals surface area contributed by atoms with Gasteiger partial charge in [-0.15, -0.1) is 11.6 Å². The van der Waals surface area contributed by atoms with Crippen molar-refractivity contribution < 1.29 is 9.53 Å². The largest absolute Gasteiger partial charge is 0.480 e. The summed E-state index contributed by atoms with van der Waals surface area (Å²) in [5.41, 5.74) is 0.506. The van der Waals surface area contributed by atoms with E-state index in [2.05, 4.69) is 4.98 Å². The molecule has 1 amide bonds. The quantitative estimate of drug-likeness (QED) is 0.754. The smallest absolute Gasteiger partial charge is 0.259 e. The predicted octanol–water partition coefficient (Wildman–Crippen LogP) is 1.93. The third-order valence-corrected chi connectivity index (χ3v) is 2.94. The molecule has 0 N–H and O–H groups in total. The van der Waals surface area contributed by atoms with Crippen LogP contribution in [0.1, 0.15) is 23.2 Å². The van der Waals surface area contributed by atoms with E-state index in [4.69, 9.17) is 16.3 Å². The van der Waals surface area contributed by atoms with E-state index in [1.807, 2.05) is 4.90 Å². The lowest BCUT2D eigenvalue weighted by molar-refractivity contribution is 0.0749. The Balaban J connectivity index is 2.21. The number of nitrogens with zero attached hydrogens (tertiary/aromatic N) is 2. The van der Waals surface area contributed by atoms with Crippen LogP contribution in [-0.2, 0) is 0 Å². The zero-order valence-electron chi connectivity index (χ0n) is 9.73. The van der Waals surface area contributed by atoms with Crippen molar-refractivity contribution in [3.63, 3.8) is 0 Å². The number of rotatable bonds is 5. The molecule has 2 rings (SSSR count). The summed E-state index contributed by atoms with van der Waals surface area (Å²) in [6.07, 6.45) is 3.73. The Hall–Kier alpha value is -1.29. The molecule has 1 saturated carbocycles. The van der Waals surface area contributed by atoms with Crippen molar-refractivity contribution in [3.8, 4) is 5.88 Å². The van der Waals surface area contributed by atoms with Gasteiger partial charge >= 0.3 is 0 Å². The molecule has 5 heteroatoms. The first-order chi connectivity index (χ1) is 8.27. The molecule has 1 aliphatic rings. The van der Waals surface area contributed by atoms with Gasteiger partial charge in [-0.1, -0.05) is 0 Å². The van der Waals surface area contributed by atoms with E-state index in [1.54, 1.807) is 18.3 Å². The number of alkyl halides is 1. The maximum atomic E-state index is 12.3. The Labute approximate surface area is 106 Å². The molecule has 0 unspecified atom stereocenters. The average molecular weight is 255 g/mol. The second kappa shape index (κ2) is 5.36. The van der Waals surface area contributed by atoms with Crippen molar-refractivity contribution >= 4 is 17.5 Å². The maximum Gasteiger partial charge on any atom is 0.259 e. The highest BCUT2D eigenvalue weighted by Crippen LogP contribution is 2.29. The molecule has 1 aromatic heterocycles. The summed E-state index contributed by atoms with van der Waals surface area (Å²) in [6, 6.07) is 3.81. The monoisotopic (exact) mass is 254 g/mol. The third kappa shape index (κ3) is 2.69. The van der Waals surface area contributed by atoms with Gasteiger partial charge in [0.1, 0.15) is 5.56 Å². The molecule has 0 spiro atoms. The van der Waals surface area contributed by atoms with Crippen LogP contribution in [0.2, 0.25) is 0 Å². The van der Waals surface area contributed by atoms with Gasteiger partial charge in [-0.2, -0.15) is 0 Å². The molecular formula is C12H15ClN2O2. The first kappa shape index (κ1) is 12.2. The lowest BCUT2D eigenvalue weighted by atomic mass is 10.2. The SMILES string of the molecule is COc1ncccc1C(=O)N(CCCl)C1CC1. The Morgan fingerprint density at radius 2 is 2.41 bits per heavy atom. The molecular weight excluding hydrogens is 240 g/mol. The first-order valence-corrected chi connectivity index (χ1v) is 6.17. The standard InChI is InChI=1S/C12H15ClN2O2/c1-17-11-10(3-2-7-14-11)12(16)15(8-6-13)9-4-5-9/h2-3,7,9H,4-6,8H2,1H3. The molecule has 4 nitrogen and oxygen atoms in total. The highest BCUT2D eigenvalue weighted by molar-refractivity contribution is 6.18. The van der Waals surface area contributed by atoms with Gasteiger partial charge in [-0.3, -0.25) is 4.79 Å². The zero-order chi connectivity index (χ0) is 12.3. The number of halogens is 1. The molecule has 1 aromatic rings. The number of aromatic nitrogens is 1. The summed E-state index contributed by atoms with van der Waals surface area (Å²) in [7, 11) is 1.52. The molecule has 1 fully saturated rings. The number of hydrogen-bond donors (Lipinski definition) is 0. The second-order valence-corrected chi connectivity index (χ2v) is 4.36. The van der Waals surface area contributed by atoms with Crippen LogP contribution in [0.15, 0.2) is 18.3 Å². The van der Waals surface area contributed by atoms with Crippen LogP contribution in [0.5, 0.6) is 5.88 Å². The summed E-state index contributed by atoms with van der Waals surface area (Å²) < 4.78 is 5.10. The zero-order valence-corrected chi connectivity index (χ0v) is 10.5. The van der Waals surface area contributed by atoms with Crippen molar-refractivity contribution in [1.82, 2.24) is 9.88 Å². The summed E-state index contributed by atoms with van der Waals surface area (Å²) in [4.78, 5) is 18.2. The van der Waals surface area contributed by atoms with Crippen LogP contribution in [0.3, 0.4) is 0 Å². The molecule has 0 aromatic carbocycles. The first-order valence-electron chi connectivity index (χ1n) is 5.64. The van der Waals surface area contributed by atoms with Gasteiger partial charge in [0.15, 0.2) is 0 Å². The normalized spacial score (nSPS) is 14.5. The molecule has 1 aliphatic carbocycles. The van der Waals surface area contributed by atoms with Gasteiger partial charge in [-0.25, -0.2) is 4.98 Å². The Morgan fingerprint density at radius 1 is 1.65 bits per heavy atom. The van der Waals surface area contributed by atoms with Gasteiger partial charge < -0.3 is 9.64 Å². The third-order valence-electron chi connectivity index (χ3n) is 2.77. The Kier molecular flexibility index (Phi) is 3.84. The van der Waals surface area contributed by atoms with Gasteiger partial charge in [0.2, 0.25) is 5.88 Å². The molecule has 0 saturated heterocycles. The van der Waals surface area contributed by atoms with E-state index >= 15 is 0 Å². The Morgan fingerprint density at radius 3 is 3.00 bits per heavy atom. The van der Waals surface area contributed by atoms with Crippen molar-refractivity contribution in [2.45, 2.75) is 18.9 Å². The molecule has 0 radical (unpaired) electrons. The number of carbonyl (C=O) groups excluding carboxylic acids is 1. The number of methoxy groups -OCH3 is 1. The average Bonchev–Trinajstić information content (AvgIpc) is 3.19. The minimum absolute atomic E-state index is 0.0434. The second-order valence-electron chi connectivity index (χ2n) is 3.98. The van der Waals surface area contributed by atoms with Crippen LogP contribution < -0.4 is 4.74 Å². The van der Waals surface area contributed by atoms with Crippen LogP contribution in [0.25, 0.3) is 0 Å². The maximum absolute atomic E-state index is 12.3. The van der Waals surface area contributed by atoms with Crippen molar-refractivity contribution in [3.05, 3.63) is 23.9 Å². The van der Waals surface area contributed by atoms with Crippen molar-refractivity contribution in [2.24, 2.45) is 0 Å². The van der Waals surface area contributed by atoms with Crippen LogP contribution in [0.4, 0.5) is 0 Å². The fourth-order valence-corrected chi connectivity index (χ4v) is 1.98. The minimum Gasteiger partial charge on any atom is -0.480 e. The van der Waals surface area contributed by atoms with Gasteiger partial charge in [0.05, 0.1) is 7.11 Å². The molecule has 1 heterocycles. The van der Waals surface area contributed by atoms with Crippen LogP contribution >= 0.6 is 11.6 Å². The fraction of sp³-hybridized carbons (Fsp3) is 0.500. The minimum atomic E-state index is -0.0434. The van der Waals surface area contributed by atoms with E-state index in [9.17, 15) is 4.79 Å². The van der Waals surface area contributed by atoms with Crippen molar-refractivity contribution in [1.29, 1.82) is 0 Å². The van der Waals surface area contributed by atoms with E-state index < -0.39 is 0 Å². The van der Waals surface area contributed by atoms with E-state index in [0.717, 1.165) is 12.8 Å². The summed E-state index contributed by atoms with van der Waals surface area (Å²) in [6.45, 7) is 0.573. The fourth-order valence-electron chi connectivity index (χ4n) is 1.80. The topological polar surface area (TPSA) is 42.4 Å². The number of ether oxygens (including phenoxy) is 1. The predicted molar refractivity (Wildman–Crippen MR) is 65.6 cm³/mol. The van der Waals surface area contributed by atoms with Crippen LogP contribution in [0, 0.1) is 0 Å². The number of pyridine rings is 1. The molecule has 0 aliphatic heterocycles. The summed E-state index contributed by atoms with van der Waals surface area (Å²) >= 11 is 5.73. The molecule has 17 heavy (non-hydrogen) atoms. The molecule has 0 bridgehead atoms. The molecule has 0 atom stereocenters. The van der Waals surface area contributed by atoms with Gasteiger partial charge in [-0.05, 0) is 25.0 Å². The van der Waals surface area contributed by atoms with Gasteiger partial charge in [0.25, 0.3) is 5.91 Å². The lowest BCUT2D eigenvalue weighted by Gasteiger charge is -2.21. The van der Waals surface area contributed by atoms with Gasteiger partial charge in [0, 0.05) is 24.7 Å². The van der Waals surface area contributed by atoms with Crippen molar-refractivity contribution in [2.75, 3.05) is 19.5 Å². The number of amides is 1. The van der Waals surface area contributed by atoms with Crippen LogP contribution in [-0.4, -0.2) is 41.4 Å². The molecule has 92 valence electrons. The summed E-state index contributed by atoms with van der Waals surface area (Å²) in [5.74, 6) is 0.779. The Bertz CT molecular complexity index is 407. The van der Waals surface area contributed by atoms with E-state index in [0.29, 0.717) is 29.9 Å². The van der Waals surface area contributed by atoms with E-state index in [1.165, 1.54) is 7.11 Å².